The molecular formula is C12H19B2NO2. The summed E-state index contributed by atoms with van der Waals surface area (Å²) in [5.74, 6) is 1.70. The fourth-order valence-electron chi connectivity index (χ4n) is 2.13. The van der Waals surface area contributed by atoms with E-state index in [9.17, 15) is 0 Å². The molecule has 0 unspecified atom stereocenters. The van der Waals surface area contributed by atoms with Crippen LogP contribution in [-0.2, 0) is 6.42 Å². The molecule has 0 radical (unpaired) electrons. The van der Waals surface area contributed by atoms with Crippen LogP contribution >= 0.6 is 0 Å². The summed E-state index contributed by atoms with van der Waals surface area (Å²) in [5, 5.41) is 3.31. The van der Waals surface area contributed by atoms with Crippen molar-refractivity contribution >= 4 is 15.7 Å². The Balaban J connectivity index is 2.13. The topological polar surface area (TPSA) is 30.5 Å². The molecule has 5 heteroatoms. The Bertz CT molecular complexity index is 405. The fraction of sp³-hybridized carbons (Fsp3) is 0.500. The van der Waals surface area contributed by atoms with Crippen molar-refractivity contribution in [2.45, 2.75) is 31.4 Å². The van der Waals surface area contributed by atoms with E-state index >= 15 is 0 Å². The van der Waals surface area contributed by atoms with Gasteiger partial charge in [-0.25, -0.2) is 0 Å². The van der Waals surface area contributed by atoms with Crippen molar-refractivity contribution in [1.82, 2.24) is 5.32 Å². The molecule has 1 aromatic carbocycles. The first-order valence-electron chi connectivity index (χ1n) is 6.22. The van der Waals surface area contributed by atoms with Crippen LogP contribution in [-0.4, -0.2) is 34.4 Å². The number of ether oxygens (including phenoxy) is 2. The maximum atomic E-state index is 5.74. The number of rotatable bonds is 4. The molecule has 0 aromatic heterocycles. The molecule has 0 bridgehead atoms. The molecule has 1 aliphatic heterocycles. The van der Waals surface area contributed by atoms with E-state index in [0.29, 0.717) is 6.04 Å². The van der Waals surface area contributed by atoms with Crippen LogP contribution in [0.1, 0.15) is 18.9 Å². The molecule has 0 fully saturated rings. The van der Waals surface area contributed by atoms with E-state index in [-0.39, 0.29) is 0 Å². The van der Waals surface area contributed by atoms with Crippen molar-refractivity contribution in [2.24, 2.45) is 0 Å². The van der Waals surface area contributed by atoms with Crippen molar-refractivity contribution < 1.29 is 9.47 Å². The van der Waals surface area contributed by atoms with E-state index < -0.39 is 5.59 Å². The number of benzene rings is 1. The van der Waals surface area contributed by atoms with Gasteiger partial charge in [-0.15, -0.1) is 0 Å². The van der Waals surface area contributed by atoms with Gasteiger partial charge >= 0.3 is 0 Å². The molecule has 0 spiro atoms. The molecule has 1 aromatic rings. The summed E-state index contributed by atoms with van der Waals surface area (Å²) in [4.78, 5) is 0. The van der Waals surface area contributed by atoms with E-state index in [0.717, 1.165) is 24.3 Å². The van der Waals surface area contributed by atoms with Gasteiger partial charge in [-0.3, -0.25) is 0 Å². The first-order chi connectivity index (χ1) is 8.04. The van der Waals surface area contributed by atoms with Crippen LogP contribution in [0.3, 0.4) is 0 Å². The fourth-order valence-corrected chi connectivity index (χ4v) is 2.13. The zero-order chi connectivity index (χ0) is 12.5. The third kappa shape index (κ3) is 2.78. The van der Waals surface area contributed by atoms with Gasteiger partial charge in [0, 0.05) is 6.04 Å². The first-order valence-corrected chi connectivity index (χ1v) is 6.22. The van der Waals surface area contributed by atoms with Gasteiger partial charge in [0.1, 0.15) is 0 Å². The third-order valence-corrected chi connectivity index (χ3v) is 3.10. The highest BCUT2D eigenvalue weighted by Gasteiger charge is 2.30. The predicted octanol–water partition coefficient (Wildman–Crippen LogP) is -0.124. The van der Waals surface area contributed by atoms with Gasteiger partial charge in [0.05, 0.1) is 0 Å². The Labute approximate surface area is 105 Å². The molecule has 1 atom stereocenters. The number of hydrogen-bond acceptors (Lipinski definition) is 3. The lowest BCUT2D eigenvalue weighted by Gasteiger charge is -2.17. The van der Waals surface area contributed by atoms with Gasteiger partial charge in [0.15, 0.2) is 32.8 Å². The summed E-state index contributed by atoms with van der Waals surface area (Å²) in [6.45, 7) is 2.19. The van der Waals surface area contributed by atoms with E-state index in [2.05, 4.69) is 24.4 Å². The van der Waals surface area contributed by atoms with Crippen molar-refractivity contribution in [3.05, 3.63) is 23.8 Å². The maximum Gasteiger partial charge on any atom is 0.197 e. The summed E-state index contributed by atoms with van der Waals surface area (Å²) >= 11 is 0. The maximum absolute atomic E-state index is 5.74. The molecule has 0 saturated carbocycles. The Morgan fingerprint density at radius 1 is 1.29 bits per heavy atom. The third-order valence-electron chi connectivity index (χ3n) is 3.10. The Hall–Kier alpha value is -1.09. The van der Waals surface area contributed by atoms with Crippen molar-refractivity contribution in [3.63, 3.8) is 0 Å². The van der Waals surface area contributed by atoms with Crippen LogP contribution in [0.2, 0.25) is 0 Å². The summed E-state index contributed by atoms with van der Waals surface area (Å²) in [7, 11) is 5.86. The first kappa shape index (κ1) is 12.4. The predicted molar refractivity (Wildman–Crippen MR) is 74.4 cm³/mol. The Morgan fingerprint density at radius 2 is 2.00 bits per heavy atom. The molecule has 17 heavy (non-hydrogen) atoms. The molecule has 1 N–H and O–H groups in total. The zero-order valence-corrected chi connectivity index (χ0v) is 11.0. The lowest BCUT2D eigenvalue weighted by atomic mass is 9.76. The van der Waals surface area contributed by atoms with Crippen LogP contribution in [0.5, 0.6) is 11.5 Å². The largest absolute Gasteiger partial charge is 0.467 e. The Morgan fingerprint density at radius 3 is 2.65 bits per heavy atom. The van der Waals surface area contributed by atoms with Gasteiger partial charge in [-0.05, 0) is 37.6 Å². The van der Waals surface area contributed by atoms with Gasteiger partial charge in [0.2, 0.25) is 0 Å². The summed E-state index contributed by atoms with van der Waals surface area (Å²) in [6, 6.07) is 6.72. The average Bonchev–Trinajstić information content (AvgIpc) is 2.58. The number of likely N-dealkylation sites (N-methyl/N-ethyl adjacent to an activating group) is 1. The molecule has 90 valence electrons. The van der Waals surface area contributed by atoms with Gasteiger partial charge in [-0.1, -0.05) is 13.0 Å². The molecule has 0 saturated heterocycles. The Kier molecular flexibility index (Phi) is 3.38. The van der Waals surface area contributed by atoms with Crippen LogP contribution in [0, 0.1) is 0 Å². The average molecular weight is 231 g/mol. The quantitative estimate of drug-likeness (QED) is 0.732. The van der Waals surface area contributed by atoms with Crippen molar-refractivity contribution in [1.29, 1.82) is 0 Å². The van der Waals surface area contributed by atoms with Gasteiger partial charge in [0.25, 0.3) is 0 Å². The second-order valence-corrected chi connectivity index (χ2v) is 4.98. The van der Waals surface area contributed by atoms with Gasteiger partial charge < -0.3 is 14.8 Å². The minimum absolute atomic E-state index is 0.517. The van der Waals surface area contributed by atoms with Crippen LogP contribution in [0.15, 0.2) is 18.2 Å². The normalized spacial score (nSPS) is 18.0. The number of hydrogen-bond donors (Lipinski definition) is 1. The molecular weight excluding hydrogens is 212 g/mol. The summed E-state index contributed by atoms with van der Waals surface area (Å²) in [5.41, 5.74) is 0.750. The molecule has 1 heterocycles. The van der Waals surface area contributed by atoms with Gasteiger partial charge in [-0.2, -0.15) is 0 Å². The van der Waals surface area contributed by atoms with Crippen LogP contribution in [0.4, 0.5) is 0 Å². The molecule has 2 rings (SSSR count). The molecule has 3 nitrogen and oxygen atoms in total. The lowest BCUT2D eigenvalue weighted by Crippen LogP contribution is -2.39. The minimum Gasteiger partial charge on any atom is -0.467 e. The van der Waals surface area contributed by atoms with E-state index in [1.807, 2.05) is 28.8 Å². The van der Waals surface area contributed by atoms with Crippen molar-refractivity contribution in [2.75, 3.05) is 7.05 Å². The lowest BCUT2D eigenvalue weighted by molar-refractivity contribution is 0.0833. The highest BCUT2D eigenvalue weighted by atomic mass is 16.7. The standard InChI is InChI=1S/C12H19B2NO2/c1-3-9(15-2)6-8-4-5-10-11(7-8)17-12(13,14)16-10/h4-5,7,9,15H,3,6,13-14H2,1-2H3/t9-/m1/s1. The molecule has 1 aliphatic rings. The minimum atomic E-state index is -0.534. The van der Waals surface area contributed by atoms with Crippen molar-refractivity contribution in [3.8, 4) is 11.5 Å². The summed E-state index contributed by atoms with van der Waals surface area (Å²) in [6.07, 6.45) is 2.14. The number of nitrogens with one attached hydrogen (secondary N) is 1. The van der Waals surface area contributed by atoms with E-state index in [1.54, 1.807) is 0 Å². The van der Waals surface area contributed by atoms with Crippen LogP contribution in [0.25, 0.3) is 0 Å². The number of fused-ring (bicyclic) bond motifs is 1. The summed E-state index contributed by atoms with van der Waals surface area (Å²) < 4.78 is 11.4. The highest BCUT2D eigenvalue weighted by molar-refractivity contribution is 6.38. The molecule has 0 aliphatic carbocycles. The SMILES string of the molecule is BC1(B)Oc2ccc(C[C@@H](CC)NC)cc2O1. The second kappa shape index (κ2) is 4.65. The highest BCUT2D eigenvalue weighted by Crippen LogP contribution is 2.37. The monoisotopic (exact) mass is 231 g/mol. The van der Waals surface area contributed by atoms with E-state index in [4.69, 9.17) is 9.47 Å². The smallest absolute Gasteiger partial charge is 0.197 e. The second-order valence-electron chi connectivity index (χ2n) is 4.98. The zero-order valence-electron chi connectivity index (χ0n) is 11.0. The molecule has 0 amide bonds. The van der Waals surface area contributed by atoms with E-state index in [1.165, 1.54) is 5.56 Å². The van der Waals surface area contributed by atoms with Crippen LogP contribution < -0.4 is 14.8 Å².